The molecule has 0 aliphatic heterocycles. The van der Waals surface area contributed by atoms with Crippen LogP contribution >= 0.6 is 0 Å². The van der Waals surface area contributed by atoms with E-state index in [-0.39, 0.29) is 11.3 Å². The van der Waals surface area contributed by atoms with Crippen LogP contribution < -0.4 is 14.8 Å². The first-order valence-corrected chi connectivity index (χ1v) is 7.75. The Bertz CT molecular complexity index is 855. The van der Waals surface area contributed by atoms with Gasteiger partial charge in [-0.1, -0.05) is 36.4 Å². The highest BCUT2D eigenvalue weighted by atomic mass is 16.5. The van der Waals surface area contributed by atoms with E-state index in [1.54, 1.807) is 50.6 Å². The van der Waals surface area contributed by atoms with Crippen LogP contribution in [0, 0.1) is 0 Å². The number of rotatable bonds is 7. The van der Waals surface area contributed by atoms with Crippen molar-refractivity contribution in [2.75, 3.05) is 19.5 Å². The highest BCUT2D eigenvalue weighted by Crippen LogP contribution is 2.27. The third kappa shape index (κ3) is 4.98. The second kappa shape index (κ2) is 9.08. The number of ether oxygens (including phenoxy) is 2. The topological polar surface area (TPSA) is 84.9 Å². The van der Waals surface area contributed by atoms with Crippen molar-refractivity contribution in [2.45, 2.75) is 0 Å². The first-order valence-electron chi connectivity index (χ1n) is 7.75. The maximum atomic E-state index is 11.9. The summed E-state index contributed by atoms with van der Waals surface area (Å²) in [6.45, 7) is 0. The minimum atomic E-state index is -1.10. The third-order valence-corrected chi connectivity index (χ3v) is 3.47. The lowest BCUT2D eigenvalue weighted by molar-refractivity contribution is -0.111. The molecule has 134 valence electrons. The SMILES string of the molecule is COc1ccc(C=CC=CC(=O)Nc2ccccc2C(=O)O)cc1OC. The zero-order valence-electron chi connectivity index (χ0n) is 14.4. The Balaban J connectivity index is 2.01. The van der Waals surface area contributed by atoms with Crippen molar-refractivity contribution in [3.63, 3.8) is 0 Å². The number of hydrogen-bond donors (Lipinski definition) is 2. The van der Waals surface area contributed by atoms with Crippen molar-refractivity contribution >= 4 is 23.6 Å². The Morgan fingerprint density at radius 2 is 1.73 bits per heavy atom. The molecule has 0 aromatic heterocycles. The number of benzene rings is 2. The van der Waals surface area contributed by atoms with Gasteiger partial charge in [-0.3, -0.25) is 4.79 Å². The lowest BCUT2D eigenvalue weighted by Gasteiger charge is -2.07. The number of amides is 1. The smallest absolute Gasteiger partial charge is 0.337 e. The highest BCUT2D eigenvalue weighted by Gasteiger charge is 2.09. The summed E-state index contributed by atoms with van der Waals surface area (Å²) in [5, 5.41) is 11.6. The van der Waals surface area contributed by atoms with E-state index in [1.807, 2.05) is 12.1 Å². The van der Waals surface area contributed by atoms with E-state index in [0.29, 0.717) is 11.5 Å². The van der Waals surface area contributed by atoms with E-state index in [9.17, 15) is 9.59 Å². The molecule has 0 bridgehead atoms. The normalized spacial score (nSPS) is 10.8. The predicted molar refractivity (Wildman–Crippen MR) is 99.8 cm³/mol. The molecule has 0 aliphatic rings. The Morgan fingerprint density at radius 3 is 2.42 bits per heavy atom. The van der Waals surface area contributed by atoms with Gasteiger partial charge in [-0.2, -0.15) is 0 Å². The molecule has 0 saturated heterocycles. The van der Waals surface area contributed by atoms with Crippen LogP contribution in [0.15, 0.2) is 60.7 Å². The fourth-order valence-electron chi connectivity index (χ4n) is 2.22. The lowest BCUT2D eigenvalue weighted by atomic mass is 10.1. The Morgan fingerprint density at radius 1 is 1.00 bits per heavy atom. The minimum absolute atomic E-state index is 0.0371. The number of methoxy groups -OCH3 is 2. The first kappa shape index (κ1) is 18.8. The van der Waals surface area contributed by atoms with Crippen molar-refractivity contribution in [1.82, 2.24) is 0 Å². The molecule has 6 nitrogen and oxygen atoms in total. The van der Waals surface area contributed by atoms with Crippen LogP contribution in [0.25, 0.3) is 6.08 Å². The van der Waals surface area contributed by atoms with Gasteiger partial charge in [0, 0.05) is 6.08 Å². The number of carboxylic acids is 1. The summed E-state index contributed by atoms with van der Waals surface area (Å²) in [5.74, 6) is -0.271. The molecule has 26 heavy (non-hydrogen) atoms. The minimum Gasteiger partial charge on any atom is -0.493 e. The number of hydrogen-bond acceptors (Lipinski definition) is 4. The van der Waals surface area contributed by atoms with Gasteiger partial charge in [0.15, 0.2) is 11.5 Å². The van der Waals surface area contributed by atoms with Crippen molar-refractivity contribution in [2.24, 2.45) is 0 Å². The first-order chi connectivity index (χ1) is 12.5. The number of anilines is 1. The molecule has 2 rings (SSSR count). The number of para-hydroxylation sites is 1. The van der Waals surface area contributed by atoms with Crippen LogP contribution in [0.4, 0.5) is 5.69 Å². The molecule has 0 unspecified atom stereocenters. The fourth-order valence-corrected chi connectivity index (χ4v) is 2.22. The zero-order chi connectivity index (χ0) is 18.9. The lowest BCUT2D eigenvalue weighted by Crippen LogP contribution is -2.11. The molecule has 0 saturated carbocycles. The van der Waals surface area contributed by atoms with Gasteiger partial charge in [-0.05, 0) is 29.8 Å². The molecule has 0 atom stereocenters. The van der Waals surface area contributed by atoms with Crippen LogP contribution in [0.2, 0.25) is 0 Å². The Hall–Kier alpha value is -3.54. The van der Waals surface area contributed by atoms with Gasteiger partial charge >= 0.3 is 5.97 Å². The molecular weight excluding hydrogens is 334 g/mol. The van der Waals surface area contributed by atoms with Gasteiger partial charge in [-0.15, -0.1) is 0 Å². The summed E-state index contributed by atoms with van der Waals surface area (Å²) >= 11 is 0. The van der Waals surface area contributed by atoms with Gasteiger partial charge in [0.1, 0.15) is 0 Å². The summed E-state index contributed by atoms with van der Waals surface area (Å²) in [4.78, 5) is 23.0. The third-order valence-electron chi connectivity index (χ3n) is 3.47. The van der Waals surface area contributed by atoms with Crippen LogP contribution in [0.3, 0.4) is 0 Å². The maximum Gasteiger partial charge on any atom is 0.337 e. The second-order valence-electron chi connectivity index (χ2n) is 5.17. The second-order valence-corrected chi connectivity index (χ2v) is 5.17. The average Bonchev–Trinajstić information content (AvgIpc) is 2.65. The molecule has 6 heteroatoms. The van der Waals surface area contributed by atoms with Gasteiger partial charge in [-0.25, -0.2) is 4.79 Å². The standard InChI is InChI=1S/C20H19NO5/c1-25-17-12-11-14(13-18(17)26-2)7-3-6-10-19(22)21-16-9-5-4-8-15(16)20(23)24/h3-13H,1-2H3,(H,21,22)(H,23,24). The average molecular weight is 353 g/mol. The molecule has 0 aliphatic carbocycles. The summed E-state index contributed by atoms with van der Waals surface area (Å²) in [6.07, 6.45) is 6.38. The monoisotopic (exact) mass is 353 g/mol. The van der Waals surface area contributed by atoms with Crippen molar-refractivity contribution in [3.8, 4) is 11.5 Å². The predicted octanol–water partition coefficient (Wildman–Crippen LogP) is 3.61. The maximum absolute atomic E-state index is 11.9. The summed E-state index contributed by atoms with van der Waals surface area (Å²) < 4.78 is 10.4. The number of carbonyl (C=O) groups is 2. The van der Waals surface area contributed by atoms with Crippen molar-refractivity contribution in [1.29, 1.82) is 0 Å². The molecule has 0 fully saturated rings. The van der Waals surface area contributed by atoms with E-state index in [4.69, 9.17) is 14.6 Å². The molecule has 2 aromatic carbocycles. The number of allylic oxidation sites excluding steroid dienone is 2. The van der Waals surface area contributed by atoms with Crippen molar-refractivity contribution in [3.05, 3.63) is 71.8 Å². The molecule has 0 heterocycles. The van der Waals surface area contributed by atoms with Gasteiger partial charge < -0.3 is 19.9 Å². The van der Waals surface area contributed by atoms with Crippen LogP contribution in [-0.2, 0) is 4.79 Å². The summed E-state index contributed by atoms with van der Waals surface area (Å²) in [5.41, 5.74) is 1.16. The van der Waals surface area contributed by atoms with E-state index in [0.717, 1.165) is 5.56 Å². The fraction of sp³-hybridized carbons (Fsp3) is 0.100. The van der Waals surface area contributed by atoms with E-state index >= 15 is 0 Å². The largest absolute Gasteiger partial charge is 0.493 e. The molecule has 2 N–H and O–H groups in total. The molecule has 0 radical (unpaired) electrons. The van der Waals surface area contributed by atoms with Crippen LogP contribution in [-0.4, -0.2) is 31.2 Å². The summed E-state index contributed by atoms with van der Waals surface area (Å²) in [7, 11) is 3.13. The Labute approximate surface area is 151 Å². The van der Waals surface area contributed by atoms with Crippen LogP contribution in [0.5, 0.6) is 11.5 Å². The number of aromatic carboxylic acids is 1. The molecule has 2 aromatic rings. The quantitative estimate of drug-likeness (QED) is 0.587. The van der Waals surface area contributed by atoms with Gasteiger partial charge in [0.05, 0.1) is 25.5 Å². The number of carboxylic acid groups (broad SMARTS) is 1. The number of nitrogens with one attached hydrogen (secondary N) is 1. The number of carbonyl (C=O) groups excluding carboxylic acids is 1. The van der Waals surface area contributed by atoms with E-state index in [1.165, 1.54) is 18.2 Å². The molecule has 1 amide bonds. The molecule has 0 spiro atoms. The highest BCUT2D eigenvalue weighted by molar-refractivity contribution is 6.04. The Kier molecular flexibility index (Phi) is 6.56. The summed E-state index contributed by atoms with van der Waals surface area (Å²) in [6, 6.07) is 11.7. The van der Waals surface area contributed by atoms with E-state index in [2.05, 4.69) is 5.32 Å². The zero-order valence-corrected chi connectivity index (χ0v) is 14.4. The van der Waals surface area contributed by atoms with E-state index < -0.39 is 11.9 Å². The van der Waals surface area contributed by atoms with Gasteiger partial charge in [0.25, 0.3) is 0 Å². The van der Waals surface area contributed by atoms with Crippen molar-refractivity contribution < 1.29 is 24.2 Å². The van der Waals surface area contributed by atoms with Gasteiger partial charge in [0.2, 0.25) is 5.91 Å². The van der Waals surface area contributed by atoms with Crippen LogP contribution in [0.1, 0.15) is 15.9 Å². The molecular formula is C20H19NO5.